The third kappa shape index (κ3) is 3.50. The van der Waals surface area contributed by atoms with Crippen molar-refractivity contribution in [3.8, 4) is 0 Å². The van der Waals surface area contributed by atoms with Crippen LogP contribution in [0, 0.1) is 13.8 Å². The largest absolute Gasteiger partial charge is 0.371 e. The summed E-state index contributed by atoms with van der Waals surface area (Å²) in [6.07, 6.45) is 7.11. The number of aromatic nitrogens is 2. The van der Waals surface area contributed by atoms with Gasteiger partial charge in [-0.3, -0.25) is 0 Å². The molecule has 4 nitrogen and oxygen atoms in total. The number of nitrogens with zero attached hydrogens (tertiary/aromatic N) is 2. The van der Waals surface area contributed by atoms with E-state index >= 15 is 0 Å². The van der Waals surface area contributed by atoms with Crippen LogP contribution in [0.2, 0.25) is 0 Å². The van der Waals surface area contributed by atoms with Crippen molar-refractivity contribution in [2.24, 2.45) is 0 Å². The number of benzene rings is 1. The fourth-order valence-electron chi connectivity index (χ4n) is 3.23. The van der Waals surface area contributed by atoms with E-state index in [-0.39, 0.29) is 0 Å². The second kappa shape index (κ2) is 6.97. The highest BCUT2D eigenvalue weighted by Gasteiger charge is 2.20. The summed E-state index contributed by atoms with van der Waals surface area (Å²) in [7, 11) is 0. The summed E-state index contributed by atoms with van der Waals surface area (Å²) in [5.41, 5.74) is 4.22. The van der Waals surface area contributed by atoms with Crippen LogP contribution < -0.4 is 10.2 Å². The highest BCUT2D eigenvalue weighted by Crippen LogP contribution is 2.25. The molecule has 2 heterocycles. The summed E-state index contributed by atoms with van der Waals surface area (Å²) in [5.74, 6) is 1.07. The van der Waals surface area contributed by atoms with Crippen molar-refractivity contribution >= 4 is 5.69 Å². The summed E-state index contributed by atoms with van der Waals surface area (Å²) >= 11 is 0. The summed E-state index contributed by atoms with van der Waals surface area (Å²) in [4.78, 5) is 9.96. The van der Waals surface area contributed by atoms with E-state index in [1.54, 1.807) is 0 Å². The monoisotopic (exact) mass is 298 g/mol. The Morgan fingerprint density at radius 3 is 2.82 bits per heavy atom. The lowest BCUT2D eigenvalue weighted by Crippen LogP contribution is -2.43. The molecule has 2 N–H and O–H groups in total. The Balaban J connectivity index is 1.47. The first kappa shape index (κ1) is 15.1. The zero-order valence-electron chi connectivity index (χ0n) is 13.6. The first-order valence-corrected chi connectivity index (χ1v) is 8.27. The van der Waals surface area contributed by atoms with E-state index in [0.717, 1.165) is 31.9 Å². The molecule has 4 heteroatoms. The van der Waals surface area contributed by atoms with E-state index in [1.807, 2.05) is 12.4 Å². The number of piperidine rings is 1. The number of hydrogen-bond donors (Lipinski definition) is 2. The van der Waals surface area contributed by atoms with Gasteiger partial charge < -0.3 is 15.2 Å². The summed E-state index contributed by atoms with van der Waals surface area (Å²) in [5, 5.41) is 3.67. The van der Waals surface area contributed by atoms with Gasteiger partial charge in [0.2, 0.25) is 0 Å². The zero-order valence-corrected chi connectivity index (χ0v) is 13.6. The molecule has 1 aromatic heterocycles. The molecule has 3 rings (SSSR count). The van der Waals surface area contributed by atoms with Gasteiger partial charge in [0.05, 0.1) is 0 Å². The minimum Gasteiger partial charge on any atom is -0.371 e. The van der Waals surface area contributed by atoms with Gasteiger partial charge in [0.15, 0.2) is 0 Å². The molecule has 1 fully saturated rings. The molecule has 22 heavy (non-hydrogen) atoms. The predicted molar refractivity (Wildman–Crippen MR) is 91.4 cm³/mol. The average Bonchev–Trinajstić information content (AvgIpc) is 3.04. The van der Waals surface area contributed by atoms with Gasteiger partial charge in [0.1, 0.15) is 5.82 Å². The van der Waals surface area contributed by atoms with Crippen molar-refractivity contribution in [2.75, 3.05) is 24.5 Å². The van der Waals surface area contributed by atoms with Crippen molar-refractivity contribution in [2.45, 2.75) is 39.2 Å². The van der Waals surface area contributed by atoms with Crippen molar-refractivity contribution in [3.63, 3.8) is 0 Å². The maximum atomic E-state index is 4.26. The minimum absolute atomic E-state index is 0.635. The van der Waals surface area contributed by atoms with Crippen molar-refractivity contribution in [1.82, 2.24) is 15.3 Å². The van der Waals surface area contributed by atoms with Gasteiger partial charge in [-0.05, 0) is 43.9 Å². The van der Waals surface area contributed by atoms with E-state index in [1.165, 1.54) is 29.7 Å². The van der Waals surface area contributed by atoms with E-state index in [9.17, 15) is 0 Å². The van der Waals surface area contributed by atoms with Crippen LogP contribution in [-0.4, -0.2) is 35.6 Å². The molecule has 0 spiro atoms. The third-order valence-electron chi connectivity index (χ3n) is 4.76. The van der Waals surface area contributed by atoms with Crippen molar-refractivity contribution in [3.05, 3.63) is 47.5 Å². The molecular formula is C18H26N4. The Morgan fingerprint density at radius 1 is 1.27 bits per heavy atom. The van der Waals surface area contributed by atoms with Gasteiger partial charge in [-0.15, -0.1) is 0 Å². The third-order valence-corrected chi connectivity index (χ3v) is 4.76. The lowest BCUT2D eigenvalue weighted by atomic mass is 10.0. The topological polar surface area (TPSA) is 44.0 Å². The number of hydrogen-bond acceptors (Lipinski definition) is 3. The second-order valence-corrected chi connectivity index (χ2v) is 6.22. The van der Waals surface area contributed by atoms with Gasteiger partial charge in [-0.25, -0.2) is 4.98 Å². The first-order valence-electron chi connectivity index (χ1n) is 8.27. The van der Waals surface area contributed by atoms with Crippen LogP contribution in [0.15, 0.2) is 30.6 Å². The fourth-order valence-corrected chi connectivity index (χ4v) is 3.23. The van der Waals surface area contributed by atoms with Gasteiger partial charge in [-0.1, -0.05) is 12.1 Å². The summed E-state index contributed by atoms with van der Waals surface area (Å²) < 4.78 is 0. The molecule has 0 amide bonds. The smallest absolute Gasteiger partial charge is 0.107 e. The molecule has 0 aliphatic carbocycles. The van der Waals surface area contributed by atoms with Crippen LogP contribution >= 0.6 is 0 Å². The molecule has 1 aliphatic rings. The van der Waals surface area contributed by atoms with Crippen LogP contribution in [-0.2, 0) is 6.42 Å². The van der Waals surface area contributed by atoms with Crippen LogP contribution in [0.4, 0.5) is 5.69 Å². The molecule has 0 radical (unpaired) electrons. The molecule has 0 atom stereocenters. The number of H-pyrrole nitrogens is 1. The number of aromatic amines is 1. The first-order chi connectivity index (χ1) is 10.7. The number of nitrogens with one attached hydrogen (secondary N) is 2. The molecular weight excluding hydrogens is 272 g/mol. The number of aryl methyl sites for hydroxylation is 1. The fraction of sp³-hybridized carbons (Fsp3) is 0.500. The molecule has 1 saturated heterocycles. The van der Waals surface area contributed by atoms with Crippen molar-refractivity contribution in [1.29, 1.82) is 0 Å². The molecule has 0 unspecified atom stereocenters. The predicted octanol–water partition coefficient (Wildman–Crippen LogP) is 2.83. The Bertz CT molecular complexity index is 583. The lowest BCUT2D eigenvalue weighted by molar-refractivity contribution is 0.416. The zero-order chi connectivity index (χ0) is 15.4. The maximum absolute atomic E-state index is 4.26. The Morgan fingerprint density at radius 2 is 2.09 bits per heavy atom. The van der Waals surface area contributed by atoms with Crippen LogP contribution in [0.1, 0.15) is 29.8 Å². The van der Waals surface area contributed by atoms with Crippen LogP contribution in [0.3, 0.4) is 0 Å². The summed E-state index contributed by atoms with van der Waals surface area (Å²) in [6, 6.07) is 7.26. The van der Waals surface area contributed by atoms with Crippen LogP contribution in [0.5, 0.6) is 0 Å². The molecule has 2 aromatic rings. The number of anilines is 1. The SMILES string of the molecule is Cc1cccc(N2CCC(NCCc3ncc[nH]3)CC2)c1C. The average molecular weight is 298 g/mol. The van der Waals surface area contributed by atoms with Crippen molar-refractivity contribution < 1.29 is 0 Å². The van der Waals surface area contributed by atoms with Gasteiger partial charge in [0.25, 0.3) is 0 Å². The highest BCUT2D eigenvalue weighted by molar-refractivity contribution is 5.56. The Labute approximate surface area is 133 Å². The molecule has 0 bridgehead atoms. The number of rotatable bonds is 5. The molecule has 1 aromatic carbocycles. The Kier molecular flexibility index (Phi) is 4.78. The minimum atomic E-state index is 0.635. The lowest BCUT2D eigenvalue weighted by Gasteiger charge is -2.35. The molecule has 0 saturated carbocycles. The standard InChI is InChI=1S/C18H26N4/c1-14-4-3-5-17(15(14)2)22-12-7-16(8-13-22)19-9-6-18-20-10-11-21-18/h3-5,10-11,16,19H,6-9,12-13H2,1-2H3,(H,20,21). The second-order valence-electron chi connectivity index (χ2n) is 6.22. The molecule has 1 aliphatic heterocycles. The van der Waals surface area contributed by atoms with Crippen LogP contribution in [0.25, 0.3) is 0 Å². The van der Waals surface area contributed by atoms with E-state index in [4.69, 9.17) is 0 Å². The normalized spacial score (nSPS) is 16.2. The Hall–Kier alpha value is -1.81. The van der Waals surface area contributed by atoms with Gasteiger partial charge in [0, 0.05) is 50.2 Å². The van der Waals surface area contributed by atoms with E-state index < -0.39 is 0 Å². The molecule has 118 valence electrons. The van der Waals surface area contributed by atoms with E-state index in [2.05, 4.69) is 52.2 Å². The maximum Gasteiger partial charge on any atom is 0.107 e. The van der Waals surface area contributed by atoms with Gasteiger partial charge in [-0.2, -0.15) is 0 Å². The highest BCUT2D eigenvalue weighted by atomic mass is 15.1. The number of imidazole rings is 1. The quantitative estimate of drug-likeness (QED) is 0.892. The van der Waals surface area contributed by atoms with E-state index in [0.29, 0.717) is 6.04 Å². The summed E-state index contributed by atoms with van der Waals surface area (Å²) in [6.45, 7) is 7.72. The van der Waals surface area contributed by atoms with Gasteiger partial charge >= 0.3 is 0 Å².